The lowest BCUT2D eigenvalue weighted by molar-refractivity contribution is -0.385. The van der Waals surface area contributed by atoms with E-state index in [2.05, 4.69) is 0 Å². The van der Waals surface area contributed by atoms with Crippen LogP contribution in [0.1, 0.15) is 11.1 Å². The number of nitrogens with zero attached hydrogens (tertiary/aromatic N) is 1. The lowest BCUT2D eigenvalue weighted by Crippen LogP contribution is -2.14. The van der Waals surface area contributed by atoms with Crippen LogP contribution in [-0.4, -0.2) is 10.8 Å². The van der Waals surface area contributed by atoms with E-state index in [0.717, 1.165) is 0 Å². The third-order valence-corrected chi connectivity index (χ3v) is 3.04. The van der Waals surface area contributed by atoms with Gasteiger partial charge in [0.2, 0.25) is 0 Å². The number of nitrogen functional groups attached to an aromatic ring is 1. The van der Waals surface area contributed by atoms with E-state index in [4.69, 9.17) is 27.5 Å². The van der Waals surface area contributed by atoms with Crippen LogP contribution in [-0.2, 0) is 6.61 Å². The summed E-state index contributed by atoms with van der Waals surface area (Å²) in [5, 5.41) is 18.8. The van der Waals surface area contributed by atoms with Crippen molar-refractivity contribution in [3.8, 4) is 5.75 Å². The molecule has 2 rings (SSSR count). The van der Waals surface area contributed by atoms with Gasteiger partial charge in [-0.3, -0.25) is 15.5 Å². The summed E-state index contributed by atoms with van der Waals surface area (Å²) in [6.07, 6.45) is 0. The zero-order chi connectivity index (χ0) is 15.4. The van der Waals surface area contributed by atoms with Gasteiger partial charge in [0.25, 0.3) is 0 Å². The van der Waals surface area contributed by atoms with Gasteiger partial charge in [0.1, 0.15) is 12.4 Å². The van der Waals surface area contributed by atoms with E-state index >= 15 is 0 Å². The minimum Gasteiger partial charge on any atom is -0.482 e. The number of hydrogen-bond donors (Lipinski definition) is 2. The van der Waals surface area contributed by atoms with Gasteiger partial charge < -0.3 is 10.5 Å². The summed E-state index contributed by atoms with van der Waals surface area (Å²) in [4.78, 5) is 10.4. The first-order chi connectivity index (χ1) is 9.99. The van der Waals surface area contributed by atoms with Crippen molar-refractivity contribution >= 4 is 23.1 Å². The van der Waals surface area contributed by atoms with Gasteiger partial charge >= 0.3 is 5.69 Å². The third-order valence-electron chi connectivity index (χ3n) is 2.81. The smallest absolute Gasteiger partial charge is 0.311 e. The molecule has 7 heteroatoms. The van der Waals surface area contributed by atoms with Crippen molar-refractivity contribution < 1.29 is 9.66 Å². The highest BCUT2D eigenvalue weighted by atomic mass is 35.5. The molecule has 3 N–H and O–H groups in total. The molecule has 0 bridgehead atoms. The van der Waals surface area contributed by atoms with E-state index in [9.17, 15) is 10.1 Å². The molecule has 0 aliphatic rings. The highest BCUT2D eigenvalue weighted by Gasteiger charge is 2.16. The molecule has 0 unspecified atom stereocenters. The molecule has 2 aromatic rings. The normalized spacial score (nSPS) is 10.1. The van der Waals surface area contributed by atoms with Crippen molar-refractivity contribution in [2.75, 3.05) is 0 Å². The van der Waals surface area contributed by atoms with Crippen LogP contribution in [0.25, 0.3) is 0 Å². The van der Waals surface area contributed by atoms with Crippen molar-refractivity contribution in [3.63, 3.8) is 0 Å². The molecule has 0 aliphatic carbocycles. The highest BCUT2D eigenvalue weighted by molar-refractivity contribution is 6.30. The predicted molar refractivity (Wildman–Crippen MR) is 79.9 cm³/mol. The van der Waals surface area contributed by atoms with Gasteiger partial charge in [0.05, 0.1) is 4.92 Å². The predicted octanol–water partition coefficient (Wildman–Crippen LogP) is 3.11. The topological polar surface area (TPSA) is 102 Å². The Morgan fingerprint density at radius 2 is 2.05 bits per heavy atom. The fourth-order valence-corrected chi connectivity index (χ4v) is 1.98. The summed E-state index contributed by atoms with van der Waals surface area (Å²) >= 11 is 5.83. The number of rotatable bonds is 5. The minimum absolute atomic E-state index is 0.0525. The molecule has 0 fully saturated rings. The van der Waals surface area contributed by atoms with Gasteiger partial charge in [0, 0.05) is 28.3 Å². The summed E-state index contributed by atoms with van der Waals surface area (Å²) in [5.74, 6) is -0.0133. The zero-order valence-electron chi connectivity index (χ0n) is 10.9. The number of hydrogen-bond acceptors (Lipinski definition) is 4. The molecule has 0 atom stereocenters. The summed E-state index contributed by atoms with van der Waals surface area (Å²) in [6.45, 7) is 0.0525. The van der Waals surface area contributed by atoms with E-state index in [1.54, 1.807) is 24.3 Å². The maximum atomic E-state index is 10.9. The van der Waals surface area contributed by atoms with Crippen LogP contribution in [0.15, 0.2) is 42.5 Å². The molecule has 0 radical (unpaired) electrons. The second-order valence-corrected chi connectivity index (χ2v) is 4.67. The maximum absolute atomic E-state index is 10.9. The fraction of sp³-hybridized carbons (Fsp3) is 0.0714. The Bertz CT molecular complexity index is 704. The Kier molecular flexibility index (Phi) is 4.39. The molecule has 0 saturated heterocycles. The van der Waals surface area contributed by atoms with Gasteiger partial charge in [-0.2, -0.15) is 0 Å². The molecule has 108 valence electrons. The first-order valence-corrected chi connectivity index (χ1v) is 6.36. The van der Waals surface area contributed by atoms with Crippen LogP contribution in [0.4, 0.5) is 5.69 Å². The Morgan fingerprint density at radius 3 is 2.71 bits per heavy atom. The standard InChI is InChI=1S/C14H12ClN3O3/c15-10-5-6-12(18(19)20)13(7-10)21-8-9-3-1-2-4-11(9)14(16)17/h1-7H,8H2,(H3,16,17). The van der Waals surface area contributed by atoms with Gasteiger partial charge in [-0.25, -0.2) is 0 Å². The maximum Gasteiger partial charge on any atom is 0.311 e. The number of amidine groups is 1. The van der Waals surface area contributed by atoms with Crippen LogP contribution < -0.4 is 10.5 Å². The monoisotopic (exact) mass is 305 g/mol. The average Bonchev–Trinajstić information content (AvgIpc) is 2.45. The molecule has 0 saturated carbocycles. The largest absolute Gasteiger partial charge is 0.482 e. The van der Waals surface area contributed by atoms with E-state index in [0.29, 0.717) is 16.1 Å². The molecule has 0 aliphatic heterocycles. The molecule has 2 aromatic carbocycles. The number of halogens is 1. The lowest BCUT2D eigenvalue weighted by Gasteiger charge is -2.10. The van der Waals surface area contributed by atoms with Gasteiger partial charge in [-0.15, -0.1) is 0 Å². The highest BCUT2D eigenvalue weighted by Crippen LogP contribution is 2.30. The Labute approximate surface area is 125 Å². The first kappa shape index (κ1) is 14.8. The third kappa shape index (κ3) is 3.49. The van der Waals surface area contributed by atoms with Crippen LogP contribution in [0.3, 0.4) is 0 Å². The first-order valence-electron chi connectivity index (χ1n) is 5.98. The Hall–Kier alpha value is -2.60. The number of nitrogens with two attached hydrogens (primary N) is 1. The van der Waals surface area contributed by atoms with Gasteiger partial charge in [-0.05, 0) is 6.07 Å². The molecule has 0 amide bonds. The van der Waals surface area contributed by atoms with Crippen LogP contribution >= 0.6 is 11.6 Å². The second-order valence-electron chi connectivity index (χ2n) is 4.23. The van der Waals surface area contributed by atoms with E-state index in [-0.39, 0.29) is 23.9 Å². The van der Waals surface area contributed by atoms with Crippen molar-refractivity contribution in [2.45, 2.75) is 6.61 Å². The zero-order valence-corrected chi connectivity index (χ0v) is 11.6. The van der Waals surface area contributed by atoms with Crippen LogP contribution in [0.5, 0.6) is 5.75 Å². The fourth-order valence-electron chi connectivity index (χ4n) is 1.82. The number of nitrogens with one attached hydrogen (secondary N) is 1. The van der Waals surface area contributed by atoms with E-state index < -0.39 is 4.92 Å². The SMILES string of the molecule is N=C(N)c1ccccc1COc1cc(Cl)ccc1[N+](=O)[O-]. The van der Waals surface area contributed by atoms with Gasteiger partial charge in [-0.1, -0.05) is 35.9 Å². The summed E-state index contributed by atoms with van der Waals surface area (Å²) in [5.41, 5.74) is 6.51. The van der Waals surface area contributed by atoms with Crippen molar-refractivity contribution in [1.82, 2.24) is 0 Å². The summed E-state index contributed by atoms with van der Waals surface area (Å²) < 4.78 is 5.48. The molecular weight excluding hydrogens is 294 g/mol. The van der Waals surface area contributed by atoms with Crippen LogP contribution in [0.2, 0.25) is 5.02 Å². The lowest BCUT2D eigenvalue weighted by atomic mass is 10.1. The molecule has 0 heterocycles. The number of nitro groups is 1. The van der Waals surface area contributed by atoms with Crippen molar-refractivity contribution in [3.05, 3.63) is 68.7 Å². The molecule has 21 heavy (non-hydrogen) atoms. The Morgan fingerprint density at radius 1 is 1.33 bits per heavy atom. The van der Waals surface area contributed by atoms with E-state index in [1.807, 2.05) is 0 Å². The number of benzene rings is 2. The molecule has 0 aromatic heterocycles. The average molecular weight is 306 g/mol. The number of ether oxygens (including phenoxy) is 1. The van der Waals surface area contributed by atoms with Crippen molar-refractivity contribution in [1.29, 1.82) is 5.41 Å². The van der Waals surface area contributed by atoms with Crippen molar-refractivity contribution in [2.24, 2.45) is 5.73 Å². The summed E-state index contributed by atoms with van der Waals surface area (Å²) in [7, 11) is 0. The molecular formula is C14H12ClN3O3. The number of nitro benzene ring substituents is 1. The van der Waals surface area contributed by atoms with Crippen LogP contribution in [0, 0.1) is 15.5 Å². The minimum atomic E-state index is -0.539. The molecule has 0 spiro atoms. The second kappa shape index (κ2) is 6.23. The van der Waals surface area contributed by atoms with Gasteiger partial charge in [0.15, 0.2) is 5.75 Å². The summed E-state index contributed by atoms with van der Waals surface area (Å²) in [6, 6.07) is 11.1. The quantitative estimate of drug-likeness (QED) is 0.383. The van der Waals surface area contributed by atoms with E-state index in [1.165, 1.54) is 18.2 Å². The molecule has 6 nitrogen and oxygen atoms in total. The Balaban J connectivity index is 2.27.